The Bertz CT molecular complexity index is 444. The third kappa shape index (κ3) is 3.42. The molecule has 0 spiro atoms. The quantitative estimate of drug-likeness (QED) is 0.637. The number of anilines is 1. The summed E-state index contributed by atoms with van der Waals surface area (Å²) < 4.78 is 13.4. The molecule has 0 fully saturated rings. The number of carboxylic acid groups (broad SMARTS) is 1. The first-order valence-electron chi connectivity index (χ1n) is 5.12. The van der Waals surface area contributed by atoms with Gasteiger partial charge in [-0.3, -0.25) is 0 Å². The van der Waals surface area contributed by atoms with Crippen molar-refractivity contribution in [1.29, 1.82) is 0 Å². The molecule has 1 unspecified atom stereocenters. The molecule has 0 bridgehead atoms. The smallest absolute Gasteiger partial charge is 0.328 e. The highest BCUT2D eigenvalue weighted by Crippen LogP contribution is 2.18. The molecule has 0 saturated heterocycles. The number of hydrogen-bond donors (Lipinski definition) is 4. The normalized spacial score (nSPS) is 11.7. The lowest BCUT2D eigenvalue weighted by Crippen LogP contribution is -2.45. The minimum Gasteiger partial charge on any atom is -0.480 e. The lowest BCUT2D eigenvalue weighted by molar-refractivity contribution is -0.140. The van der Waals surface area contributed by atoms with Gasteiger partial charge in [-0.05, 0) is 18.6 Å². The van der Waals surface area contributed by atoms with Crippen LogP contribution in [-0.2, 0) is 4.79 Å². The van der Waals surface area contributed by atoms with Crippen molar-refractivity contribution in [2.45, 2.75) is 13.0 Å². The number of aryl methyl sites for hydroxylation is 1. The highest BCUT2D eigenvalue weighted by atomic mass is 19.1. The second-order valence-corrected chi connectivity index (χ2v) is 3.60. The maximum atomic E-state index is 13.4. The zero-order chi connectivity index (χ0) is 13.7. The standard InChI is InChI=1S/C11H13FN2O4/c1-6-3-2-4-7(12)9(6)14-11(18)13-8(5-15)10(16)17/h2-4,8,15H,5H2,1H3,(H,16,17)(H2,13,14,18). The van der Waals surface area contributed by atoms with E-state index in [1.54, 1.807) is 13.0 Å². The monoisotopic (exact) mass is 256 g/mol. The van der Waals surface area contributed by atoms with Crippen LogP contribution in [0.15, 0.2) is 18.2 Å². The zero-order valence-electron chi connectivity index (χ0n) is 9.61. The van der Waals surface area contributed by atoms with E-state index in [0.717, 1.165) is 0 Å². The lowest BCUT2D eigenvalue weighted by atomic mass is 10.2. The Morgan fingerprint density at radius 2 is 2.11 bits per heavy atom. The highest BCUT2D eigenvalue weighted by Gasteiger charge is 2.19. The van der Waals surface area contributed by atoms with E-state index in [1.807, 2.05) is 5.32 Å². The minimum atomic E-state index is -1.43. The molecule has 1 aromatic rings. The van der Waals surface area contributed by atoms with E-state index in [1.165, 1.54) is 12.1 Å². The predicted molar refractivity (Wildman–Crippen MR) is 61.8 cm³/mol. The number of aliphatic carboxylic acids is 1. The van der Waals surface area contributed by atoms with E-state index in [2.05, 4.69) is 5.32 Å². The Morgan fingerprint density at radius 1 is 1.44 bits per heavy atom. The van der Waals surface area contributed by atoms with Gasteiger partial charge >= 0.3 is 12.0 Å². The summed E-state index contributed by atoms with van der Waals surface area (Å²) in [6, 6.07) is 1.92. The van der Waals surface area contributed by atoms with Gasteiger partial charge < -0.3 is 20.8 Å². The molecule has 0 radical (unpaired) electrons. The second kappa shape index (κ2) is 5.97. The molecular formula is C11H13FN2O4. The maximum Gasteiger partial charge on any atom is 0.328 e. The van der Waals surface area contributed by atoms with Crippen LogP contribution in [0.3, 0.4) is 0 Å². The molecule has 1 atom stereocenters. The number of carbonyl (C=O) groups excluding carboxylic acids is 1. The van der Waals surface area contributed by atoms with Crippen LogP contribution in [0.1, 0.15) is 5.56 Å². The summed E-state index contributed by atoms with van der Waals surface area (Å²) in [5.41, 5.74) is 0.470. The first kappa shape index (κ1) is 13.9. The largest absolute Gasteiger partial charge is 0.480 e. The molecule has 6 nitrogen and oxygen atoms in total. The molecule has 98 valence electrons. The van der Waals surface area contributed by atoms with Crippen molar-refractivity contribution in [2.75, 3.05) is 11.9 Å². The van der Waals surface area contributed by atoms with E-state index in [9.17, 15) is 14.0 Å². The van der Waals surface area contributed by atoms with Gasteiger partial charge in [0.25, 0.3) is 0 Å². The number of nitrogens with one attached hydrogen (secondary N) is 2. The zero-order valence-corrected chi connectivity index (χ0v) is 9.61. The number of rotatable bonds is 4. The molecule has 18 heavy (non-hydrogen) atoms. The van der Waals surface area contributed by atoms with Crippen molar-refractivity contribution >= 4 is 17.7 Å². The summed E-state index contributed by atoms with van der Waals surface area (Å²) in [6.45, 7) is 0.846. The maximum absolute atomic E-state index is 13.4. The van der Waals surface area contributed by atoms with Crippen molar-refractivity contribution < 1.29 is 24.2 Å². The van der Waals surface area contributed by atoms with Crippen LogP contribution in [0.4, 0.5) is 14.9 Å². The topological polar surface area (TPSA) is 98.7 Å². The van der Waals surface area contributed by atoms with Gasteiger partial charge in [-0.25, -0.2) is 14.0 Å². The summed E-state index contributed by atoms with van der Waals surface area (Å²) >= 11 is 0. The summed E-state index contributed by atoms with van der Waals surface area (Å²) in [7, 11) is 0. The number of aliphatic hydroxyl groups is 1. The first-order valence-corrected chi connectivity index (χ1v) is 5.12. The van der Waals surface area contributed by atoms with Gasteiger partial charge in [-0.15, -0.1) is 0 Å². The molecule has 0 aromatic heterocycles. The van der Waals surface area contributed by atoms with Gasteiger partial charge in [0.2, 0.25) is 0 Å². The number of aliphatic hydroxyl groups excluding tert-OH is 1. The number of hydrogen-bond acceptors (Lipinski definition) is 3. The van der Waals surface area contributed by atoms with Crippen LogP contribution >= 0.6 is 0 Å². The summed E-state index contributed by atoms with van der Waals surface area (Å²) in [4.78, 5) is 22.0. The average Bonchev–Trinajstić information content (AvgIpc) is 2.30. The van der Waals surface area contributed by atoms with E-state index in [0.29, 0.717) is 5.56 Å². The van der Waals surface area contributed by atoms with Crippen LogP contribution in [0.25, 0.3) is 0 Å². The Labute approximate surface area is 102 Å². The average molecular weight is 256 g/mol. The molecule has 1 aromatic carbocycles. The van der Waals surface area contributed by atoms with E-state index in [4.69, 9.17) is 10.2 Å². The fourth-order valence-corrected chi connectivity index (χ4v) is 1.28. The molecule has 0 aliphatic heterocycles. The Morgan fingerprint density at radius 3 is 2.61 bits per heavy atom. The van der Waals surface area contributed by atoms with Gasteiger partial charge in [0.1, 0.15) is 5.82 Å². The van der Waals surface area contributed by atoms with Crippen LogP contribution in [-0.4, -0.2) is 34.9 Å². The number of para-hydroxylation sites is 1. The molecular weight excluding hydrogens is 243 g/mol. The van der Waals surface area contributed by atoms with Gasteiger partial charge in [-0.1, -0.05) is 12.1 Å². The number of carboxylic acids is 1. The third-order valence-corrected chi connectivity index (χ3v) is 2.25. The first-order chi connectivity index (χ1) is 8.45. The molecule has 4 N–H and O–H groups in total. The minimum absolute atomic E-state index is 0.0305. The van der Waals surface area contributed by atoms with Crippen molar-refractivity contribution in [3.05, 3.63) is 29.6 Å². The molecule has 0 heterocycles. The van der Waals surface area contributed by atoms with Crippen molar-refractivity contribution in [3.8, 4) is 0 Å². The van der Waals surface area contributed by atoms with Crippen LogP contribution in [0, 0.1) is 12.7 Å². The van der Waals surface area contributed by atoms with Crippen molar-refractivity contribution in [1.82, 2.24) is 5.32 Å². The van der Waals surface area contributed by atoms with Gasteiger partial charge in [0, 0.05) is 0 Å². The Balaban J connectivity index is 2.73. The highest BCUT2D eigenvalue weighted by molar-refractivity contribution is 5.93. The van der Waals surface area contributed by atoms with E-state index in [-0.39, 0.29) is 5.69 Å². The number of benzene rings is 1. The van der Waals surface area contributed by atoms with Gasteiger partial charge in [0.05, 0.1) is 12.3 Å². The fraction of sp³-hybridized carbons (Fsp3) is 0.273. The molecule has 0 aliphatic carbocycles. The van der Waals surface area contributed by atoms with Gasteiger partial charge in [0.15, 0.2) is 6.04 Å². The van der Waals surface area contributed by atoms with Gasteiger partial charge in [-0.2, -0.15) is 0 Å². The Kier molecular flexibility index (Phi) is 4.61. The van der Waals surface area contributed by atoms with Crippen molar-refractivity contribution in [3.63, 3.8) is 0 Å². The van der Waals surface area contributed by atoms with Crippen LogP contribution < -0.4 is 10.6 Å². The SMILES string of the molecule is Cc1cccc(F)c1NC(=O)NC(CO)C(=O)O. The molecule has 0 aliphatic rings. The lowest BCUT2D eigenvalue weighted by Gasteiger charge is -2.14. The molecule has 2 amide bonds. The number of urea groups is 1. The van der Waals surface area contributed by atoms with Crippen molar-refractivity contribution in [2.24, 2.45) is 0 Å². The summed E-state index contributed by atoms with van der Waals surface area (Å²) in [6.07, 6.45) is 0. The number of halogens is 1. The number of carbonyl (C=O) groups is 2. The fourth-order valence-electron chi connectivity index (χ4n) is 1.28. The second-order valence-electron chi connectivity index (χ2n) is 3.60. The van der Waals surface area contributed by atoms with Crippen LogP contribution in [0.2, 0.25) is 0 Å². The summed E-state index contributed by atoms with van der Waals surface area (Å²) in [5, 5.41) is 21.5. The molecule has 0 saturated carbocycles. The van der Waals surface area contributed by atoms with Crippen LogP contribution in [0.5, 0.6) is 0 Å². The third-order valence-electron chi connectivity index (χ3n) is 2.25. The predicted octanol–water partition coefficient (Wildman–Crippen LogP) is 0.701. The van der Waals surface area contributed by atoms with E-state index >= 15 is 0 Å². The van der Waals surface area contributed by atoms with E-state index < -0.39 is 30.5 Å². The number of amides is 2. The summed E-state index contributed by atoms with van der Waals surface area (Å²) in [5.74, 6) is -2.00. The molecule has 1 rings (SSSR count). The Hall–Kier alpha value is -2.15. The molecule has 7 heteroatoms.